The zero-order valence-corrected chi connectivity index (χ0v) is 9.35. The van der Waals surface area contributed by atoms with Crippen molar-refractivity contribution in [1.29, 1.82) is 0 Å². The van der Waals surface area contributed by atoms with Crippen LogP contribution in [0.1, 0.15) is 37.5 Å². The second kappa shape index (κ2) is 3.43. The molecule has 0 unspecified atom stereocenters. The first-order valence-corrected chi connectivity index (χ1v) is 5.73. The molecular formula is C11H15N5. The second-order valence-electron chi connectivity index (χ2n) is 4.42. The quantitative estimate of drug-likeness (QED) is 0.791. The van der Waals surface area contributed by atoms with E-state index in [1.165, 1.54) is 25.7 Å². The number of anilines is 1. The summed E-state index contributed by atoms with van der Waals surface area (Å²) in [4.78, 5) is 8.61. The molecule has 1 aliphatic carbocycles. The molecule has 2 aromatic rings. The van der Waals surface area contributed by atoms with Gasteiger partial charge in [0.2, 0.25) is 0 Å². The van der Waals surface area contributed by atoms with Crippen LogP contribution in [0.25, 0.3) is 11.0 Å². The molecule has 2 heterocycles. The molecule has 16 heavy (non-hydrogen) atoms. The van der Waals surface area contributed by atoms with E-state index in [1.807, 2.05) is 11.6 Å². The van der Waals surface area contributed by atoms with Gasteiger partial charge in [-0.05, 0) is 19.8 Å². The van der Waals surface area contributed by atoms with Gasteiger partial charge in [0.05, 0.1) is 17.6 Å². The number of aromatic nitrogens is 4. The molecule has 0 aliphatic heterocycles. The van der Waals surface area contributed by atoms with Crippen LogP contribution in [0.5, 0.6) is 0 Å². The predicted molar refractivity (Wildman–Crippen MR) is 62.0 cm³/mol. The van der Waals surface area contributed by atoms with Gasteiger partial charge in [-0.2, -0.15) is 5.10 Å². The first kappa shape index (κ1) is 9.57. The molecule has 0 saturated heterocycles. The highest BCUT2D eigenvalue weighted by Gasteiger charge is 2.21. The average molecular weight is 217 g/mol. The van der Waals surface area contributed by atoms with E-state index in [9.17, 15) is 0 Å². The molecule has 84 valence electrons. The zero-order chi connectivity index (χ0) is 11.1. The summed E-state index contributed by atoms with van der Waals surface area (Å²) in [6.07, 6.45) is 6.74. The normalized spacial score (nSPS) is 17.3. The van der Waals surface area contributed by atoms with Crippen molar-refractivity contribution in [2.45, 2.75) is 38.6 Å². The fraction of sp³-hybridized carbons (Fsp3) is 0.545. The Morgan fingerprint density at radius 2 is 2.06 bits per heavy atom. The van der Waals surface area contributed by atoms with E-state index in [4.69, 9.17) is 5.73 Å². The van der Waals surface area contributed by atoms with Gasteiger partial charge < -0.3 is 5.73 Å². The van der Waals surface area contributed by atoms with Crippen LogP contribution in [0, 0.1) is 6.92 Å². The number of fused-ring (bicyclic) bond motifs is 1. The van der Waals surface area contributed by atoms with E-state index in [0.29, 0.717) is 17.7 Å². The van der Waals surface area contributed by atoms with Gasteiger partial charge in [-0.25, -0.2) is 14.6 Å². The Hall–Kier alpha value is -1.65. The minimum Gasteiger partial charge on any atom is -0.383 e. The van der Waals surface area contributed by atoms with Crippen LogP contribution in [-0.2, 0) is 0 Å². The number of aryl methyl sites for hydroxylation is 1. The summed E-state index contributed by atoms with van der Waals surface area (Å²) >= 11 is 0. The van der Waals surface area contributed by atoms with Crippen molar-refractivity contribution < 1.29 is 0 Å². The molecule has 5 nitrogen and oxygen atoms in total. The van der Waals surface area contributed by atoms with Gasteiger partial charge in [-0.1, -0.05) is 12.8 Å². The monoisotopic (exact) mass is 217 g/mol. The summed E-state index contributed by atoms with van der Waals surface area (Å²) in [6, 6.07) is 0.492. The highest BCUT2D eigenvalue weighted by atomic mass is 15.3. The van der Waals surface area contributed by atoms with Crippen molar-refractivity contribution in [2.24, 2.45) is 0 Å². The molecule has 3 rings (SSSR count). The van der Waals surface area contributed by atoms with Gasteiger partial charge in [0.15, 0.2) is 5.65 Å². The first-order chi connectivity index (χ1) is 7.75. The van der Waals surface area contributed by atoms with Crippen molar-refractivity contribution in [3.8, 4) is 0 Å². The fourth-order valence-electron chi connectivity index (χ4n) is 2.48. The lowest BCUT2D eigenvalue weighted by molar-refractivity contribution is 0.478. The van der Waals surface area contributed by atoms with E-state index >= 15 is 0 Å². The molecule has 2 N–H and O–H groups in total. The standard InChI is InChI=1S/C11H15N5/c1-7-14-10(12)9-6-13-16(11(9)15-7)8-4-2-3-5-8/h6,8H,2-5H2,1H3,(H2,12,14,15). The SMILES string of the molecule is Cc1nc(N)c2cnn(C3CCCC3)c2n1. The van der Waals surface area contributed by atoms with Crippen molar-refractivity contribution in [3.05, 3.63) is 12.0 Å². The molecule has 0 spiro atoms. The van der Waals surface area contributed by atoms with Crippen LogP contribution in [-0.4, -0.2) is 19.7 Å². The molecular weight excluding hydrogens is 202 g/mol. The molecule has 0 aromatic carbocycles. The Labute approximate surface area is 93.7 Å². The molecule has 0 amide bonds. The lowest BCUT2D eigenvalue weighted by Crippen LogP contribution is -2.08. The Bertz CT molecular complexity index is 524. The van der Waals surface area contributed by atoms with Gasteiger partial charge >= 0.3 is 0 Å². The molecule has 1 aliphatic rings. The van der Waals surface area contributed by atoms with E-state index in [-0.39, 0.29) is 0 Å². The zero-order valence-electron chi connectivity index (χ0n) is 9.35. The van der Waals surface area contributed by atoms with Gasteiger partial charge in [0.1, 0.15) is 11.6 Å². The average Bonchev–Trinajstić information content (AvgIpc) is 2.83. The van der Waals surface area contributed by atoms with Crippen LogP contribution < -0.4 is 5.73 Å². The molecule has 1 saturated carbocycles. The molecule has 5 heteroatoms. The third-order valence-electron chi connectivity index (χ3n) is 3.27. The summed E-state index contributed by atoms with van der Waals surface area (Å²) < 4.78 is 2.02. The van der Waals surface area contributed by atoms with Crippen molar-refractivity contribution >= 4 is 16.9 Å². The third kappa shape index (κ3) is 1.35. The van der Waals surface area contributed by atoms with Crippen LogP contribution in [0.15, 0.2) is 6.20 Å². The summed E-state index contributed by atoms with van der Waals surface area (Å²) in [6.45, 7) is 1.86. The topological polar surface area (TPSA) is 69.6 Å². The first-order valence-electron chi connectivity index (χ1n) is 5.73. The number of hydrogen-bond donors (Lipinski definition) is 1. The Morgan fingerprint density at radius 1 is 1.31 bits per heavy atom. The lowest BCUT2D eigenvalue weighted by Gasteiger charge is -2.10. The van der Waals surface area contributed by atoms with E-state index in [2.05, 4.69) is 15.1 Å². The maximum Gasteiger partial charge on any atom is 0.163 e. The maximum absolute atomic E-state index is 5.86. The van der Waals surface area contributed by atoms with Crippen LogP contribution in [0.4, 0.5) is 5.82 Å². The van der Waals surface area contributed by atoms with Crippen molar-refractivity contribution in [3.63, 3.8) is 0 Å². The summed E-state index contributed by atoms with van der Waals surface area (Å²) in [5.41, 5.74) is 6.75. The largest absolute Gasteiger partial charge is 0.383 e. The van der Waals surface area contributed by atoms with E-state index in [1.54, 1.807) is 6.20 Å². The minimum atomic E-state index is 0.492. The van der Waals surface area contributed by atoms with Gasteiger partial charge in [0.25, 0.3) is 0 Å². The smallest absolute Gasteiger partial charge is 0.163 e. The maximum atomic E-state index is 5.86. The van der Waals surface area contributed by atoms with E-state index in [0.717, 1.165) is 11.0 Å². The third-order valence-corrected chi connectivity index (χ3v) is 3.27. The minimum absolute atomic E-state index is 0.492. The fourth-order valence-corrected chi connectivity index (χ4v) is 2.48. The number of nitrogen functional groups attached to an aromatic ring is 1. The predicted octanol–water partition coefficient (Wildman–Crippen LogP) is 1.83. The molecule has 1 fully saturated rings. The van der Waals surface area contributed by atoms with Gasteiger partial charge in [-0.3, -0.25) is 0 Å². The van der Waals surface area contributed by atoms with Crippen LogP contribution >= 0.6 is 0 Å². The number of rotatable bonds is 1. The van der Waals surface area contributed by atoms with Crippen molar-refractivity contribution in [2.75, 3.05) is 5.73 Å². The highest BCUT2D eigenvalue weighted by Crippen LogP contribution is 2.31. The summed E-state index contributed by atoms with van der Waals surface area (Å²) in [5, 5.41) is 5.29. The highest BCUT2D eigenvalue weighted by molar-refractivity contribution is 5.85. The van der Waals surface area contributed by atoms with Crippen molar-refractivity contribution in [1.82, 2.24) is 19.7 Å². The van der Waals surface area contributed by atoms with Gasteiger partial charge in [-0.15, -0.1) is 0 Å². The second-order valence-corrected chi connectivity index (χ2v) is 4.42. The summed E-state index contributed by atoms with van der Waals surface area (Å²) in [7, 11) is 0. The molecule has 0 bridgehead atoms. The van der Waals surface area contributed by atoms with Gasteiger partial charge in [0, 0.05) is 0 Å². The lowest BCUT2D eigenvalue weighted by atomic mass is 10.2. The summed E-state index contributed by atoms with van der Waals surface area (Å²) in [5.74, 6) is 1.25. The number of hydrogen-bond acceptors (Lipinski definition) is 4. The van der Waals surface area contributed by atoms with E-state index < -0.39 is 0 Å². The molecule has 0 radical (unpaired) electrons. The molecule has 0 atom stereocenters. The molecule has 2 aromatic heterocycles. The number of nitrogens with zero attached hydrogens (tertiary/aromatic N) is 4. The Kier molecular flexibility index (Phi) is 2.05. The number of nitrogens with two attached hydrogens (primary N) is 1. The Balaban J connectivity index is 2.18. The Morgan fingerprint density at radius 3 is 2.81 bits per heavy atom. The van der Waals surface area contributed by atoms with Crippen LogP contribution in [0.3, 0.4) is 0 Å². The van der Waals surface area contributed by atoms with Crippen LogP contribution in [0.2, 0.25) is 0 Å².